The van der Waals surface area contributed by atoms with Crippen LogP contribution in [0.25, 0.3) is 0 Å². The van der Waals surface area contributed by atoms with Gasteiger partial charge in [0, 0.05) is 0 Å². The van der Waals surface area contributed by atoms with Crippen LogP contribution in [0.15, 0.2) is 0 Å². The molecule has 96 valence electrons. The van der Waals surface area contributed by atoms with Gasteiger partial charge in [0.25, 0.3) is 0 Å². The van der Waals surface area contributed by atoms with Gasteiger partial charge in [-0.15, -0.1) is 0 Å². The molecule has 1 unspecified atom stereocenters. The molecule has 4 fully saturated rings. The summed E-state index contributed by atoms with van der Waals surface area (Å²) in [4.78, 5) is 21.9. The quantitative estimate of drug-likeness (QED) is 0.384. The molecule has 0 heterocycles. The molecule has 1 atom stereocenters. The fraction of sp³-hybridized carbons (Fsp3) is 0.909. The van der Waals surface area contributed by atoms with Crippen LogP contribution in [-0.2, 0) is 9.09 Å². The first-order chi connectivity index (χ1) is 7.89. The largest absolute Gasteiger partial charge is 1.00 e. The van der Waals surface area contributed by atoms with Crippen molar-refractivity contribution >= 4 is 13.3 Å². The van der Waals surface area contributed by atoms with Gasteiger partial charge in [-0.1, -0.05) is 0 Å². The Balaban J connectivity index is 0.000000902. The van der Waals surface area contributed by atoms with Crippen molar-refractivity contribution in [1.29, 1.82) is 0 Å². The van der Waals surface area contributed by atoms with E-state index in [1.165, 1.54) is 0 Å². The first kappa shape index (κ1) is 18.7. The van der Waals surface area contributed by atoms with Crippen LogP contribution in [0.5, 0.6) is 0 Å². The van der Waals surface area contributed by atoms with E-state index in [9.17, 15) is 19.4 Å². The fourth-order valence-electron chi connectivity index (χ4n) is 4.44. The van der Waals surface area contributed by atoms with Gasteiger partial charge >= 0.3 is 59.1 Å². The van der Waals surface area contributed by atoms with E-state index in [4.69, 9.17) is 4.52 Å². The number of carbonyl (C=O) groups excluding carboxylic acids is 1. The maximum atomic E-state index is 11.4. The average Bonchev–Trinajstić information content (AvgIpc) is 2.12. The predicted molar refractivity (Wildman–Crippen MR) is 55.0 cm³/mol. The van der Waals surface area contributed by atoms with E-state index in [0.29, 0.717) is 37.0 Å². The molecule has 0 amide bonds. The normalized spacial score (nSPS) is 41.8. The van der Waals surface area contributed by atoms with E-state index < -0.39 is 18.9 Å². The van der Waals surface area contributed by atoms with Crippen molar-refractivity contribution < 1.29 is 83.0 Å². The van der Waals surface area contributed by atoms with Gasteiger partial charge in [-0.25, -0.2) is 0 Å². The molecule has 0 aromatic carbocycles. The minimum atomic E-state index is -4.86. The van der Waals surface area contributed by atoms with Crippen molar-refractivity contribution in [2.45, 2.75) is 44.1 Å². The summed E-state index contributed by atoms with van der Waals surface area (Å²) >= 11 is 0. The van der Waals surface area contributed by atoms with Crippen LogP contribution in [-0.4, -0.2) is 11.3 Å². The standard InChI is InChI=1S/C11H17O5P.2Na/c12-10(13)17(14,15)16-11-4-7-1-8(5-11)3-9(2-7)6-11;;/h7-9H,1-6H2,(H,12,13)(H,14,15);;/q;2*+1/p-2. The Hall–Kier alpha value is 1.62. The molecule has 0 radical (unpaired) electrons. The van der Waals surface area contributed by atoms with E-state index in [1.807, 2.05) is 0 Å². The summed E-state index contributed by atoms with van der Waals surface area (Å²) in [6.07, 6.45) is 5.53. The summed E-state index contributed by atoms with van der Waals surface area (Å²) in [5, 5.41) is 10.5. The average molecular weight is 304 g/mol. The van der Waals surface area contributed by atoms with Crippen molar-refractivity contribution in [2.24, 2.45) is 17.8 Å². The molecule has 4 saturated carbocycles. The summed E-state index contributed by atoms with van der Waals surface area (Å²) in [6, 6.07) is 0. The molecule has 0 spiro atoms. The summed E-state index contributed by atoms with van der Waals surface area (Å²) in [5.41, 5.74) is -2.82. The van der Waals surface area contributed by atoms with Crippen LogP contribution >= 0.6 is 7.60 Å². The second-order valence-corrected chi connectivity index (χ2v) is 7.50. The van der Waals surface area contributed by atoms with Crippen molar-refractivity contribution in [3.63, 3.8) is 0 Å². The number of carbonyl (C=O) groups is 1. The van der Waals surface area contributed by atoms with Gasteiger partial charge in [0.15, 0.2) is 7.60 Å². The van der Waals surface area contributed by atoms with Gasteiger partial charge in [-0.2, -0.15) is 0 Å². The molecule has 4 rings (SSSR count). The van der Waals surface area contributed by atoms with E-state index >= 15 is 0 Å². The van der Waals surface area contributed by atoms with E-state index in [1.54, 1.807) is 0 Å². The van der Waals surface area contributed by atoms with Crippen molar-refractivity contribution in [3.8, 4) is 0 Å². The van der Waals surface area contributed by atoms with Crippen LogP contribution in [0.2, 0.25) is 0 Å². The Morgan fingerprint density at radius 2 is 1.42 bits per heavy atom. The second-order valence-electron chi connectivity index (χ2n) is 5.96. The van der Waals surface area contributed by atoms with Crippen molar-refractivity contribution in [3.05, 3.63) is 0 Å². The van der Waals surface area contributed by atoms with Crippen LogP contribution in [0.3, 0.4) is 0 Å². The summed E-state index contributed by atoms with van der Waals surface area (Å²) in [6.45, 7) is 0. The first-order valence-corrected chi connectivity index (χ1v) is 7.66. The fourth-order valence-corrected chi connectivity index (χ4v) is 5.24. The molecule has 5 nitrogen and oxygen atoms in total. The molecular formula is C11H15Na2O5P. The van der Waals surface area contributed by atoms with Gasteiger partial charge in [0.2, 0.25) is 0 Å². The van der Waals surface area contributed by atoms with Gasteiger partial charge in [-0.05, 0) is 56.3 Å². The topological polar surface area (TPSA) is 89.5 Å². The second kappa shape index (κ2) is 6.39. The molecule has 8 heteroatoms. The van der Waals surface area contributed by atoms with Gasteiger partial charge in [0.1, 0.15) is 5.71 Å². The van der Waals surface area contributed by atoms with E-state index in [0.717, 1.165) is 19.3 Å². The van der Waals surface area contributed by atoms with Crippen LogP contribution < -0.4 is 69.1 Å². The van der Waals surface area contributed by atoms with E-state index in [2.05, 4.69) is 0 Å². The van der Waals surface area contributed by atoms with Gasteiger partial charge in [-0.3, -0.25) is 0 Å². The SMILES string of the molecule is O=C([O-])P(=O)([O-])OC12CC3CC(CC(C3)C1)C2.[Na+].[Na+]. The Morgan fingerprint density at radius 3 is 1.74 bits per heavy atom. The smallest absolute Gasteiger partial charge is 0.774 e. The maximum absolute atomic E-state index is 11.4. The van der Waals surface area contributed by atoms with Crippen LogP contribution in [0.1, 0.15) is 38.5 Å². The Bertz CT molecular complexity index is 379. The van der Waals surface area contributed by atoms with E-state index in [-0.39, 0.29) is 59.1 Å². The molecule has 0 saturated heterocycles. The minimum absolute atomic E-state index is 0. The molecule has 0 aromatic rings. The zero-order valence-electron chi connectivity index (χ0n) is 11.5. The molecule has 0 aliphatic heterocycles. The number of hydrogen-bond donors (Lipinski definition) is 0. The Kier molecular flexibility index (Phi) is 6.28. The summed E-state index contributed by atoms with van der Waals surface area (Å²) < 4.78 is 16.4. The third-order valence-electron chi connectivity index (χ3n) is 4.52. The van der Waals surface area contributed by atoms with Crippen molar-refractivity contribution in [1.82, 2.24) is 0 Å². The summed E-state index contributed by atoms with van der Waals surface area (Å²) in [7, 11) is -4.86. The van der Waals surface area contributed by atoms with Crippen LogP contribution in [0, 0.1) is 17.8 Å². The molecular weight excluding hydrogens is 289 g/mol. The number of rotatable bonds is 3. The summed E-state index contributed by atoms with van der Waals surface area (Å²) in [5.74, 6) is 1.55. The molecule has 4 aliphatic rings. The third-order valence-corrected chi connectivity index (χ3v) is 5.59. The monoisotopic (exact) mass is 304 g/mol. The molecule has 0 aromatic heterocycles. The minimum Gasteiger partial charge on any atom is -0.774 e. The number of hydrogen-bond acceptors (Lipinski definition) is 5. The third kappa shape index (κ3) is 3.69. The Labute approximate surface area is 157 Å². The van der Waals surface area contributed by atoms with Gasteiger partial charge in [0.05, 0.1) is 5.60 Å². The zero-order valence-corrected chi connectivity index (χ0v) is 16.4. The maximum Gasteiger partial charge on any atom is 1.00 e. The predicted octanol–water partition coefficient (Wildman–Crippen LogP) is -5.12. The Morgan fingerprint density at radius 1 is 1.05 bits per heavy atom. The number of carboxylic acid groups (broad SMARTS) is 1. The molecule has 4 aliphatic carbocycles. The first-order valence-electron chi connectivity index (χ1n) is 6.12. The van der Waals surface area contributed by atoms with Crippen molar-refractivity contribution in [2.75, 3.05) is 0 Å². The molecule has 19 heavy (non-hydrogen) atoms. The molecule has 0 N–H and O–H groups in total. The van der Waals surface area contributed by atoms with Gasteiger partial charge < -0.3 is 23.9 Å². The van der Waals surface area contributed by atoms with Crippen LogP contribution in [0.4, 0.5) is 4.79 Å². The zero-order chi connectivity index (χ0) is 12.3. The molecule has 4 bridgehead atoms.